The van der Waals surface area contributed by atoms with E-state index >= 15 is 0 Å². The zero-order chi connectivity index (χ0) is 26.9. The maximum Gasteiger partial charge on any atom is 0.264 e. The molecule has 3 aromatic carbocycles. The molecular formula is C30H31N2O4S2+. The van der Waals surface area contributed by atoms with Gasteiger partial charge in [-0.3, -0.25) is 4.55 Å². The van der Waals surface area contributed by atoms with Crippen LogP contribution in [0.15, 0.2) is 84.3 Å². The highest BCUT2D eigenvalue weighted by molar-refractivity contribution is 7.85. The second kappa shape index (κ2) is 10.7. The smallest absolute Gasteiger partial charge is 0.264 e. The van der Waals surface area contributed by atoms with Gasteiger partial charge in [0.25, 0.3) is 15.1 Å². The van der Waals surface area contributed by atoms with Crippen LogP contribution in [0.2, 0.25) is 0 Å². The van der Waals surface area contributed by atoms with Gasteiger partial charge in [0.2, 0.25) is 11.4 Å². The van der Waals surface area contributed by atoms with E-state index in [1.807, 2.05) is 48.2 Å². The lowest BCUT2D eigenvalue weighted by Crippen LogP contribution is -2.33. The molecule has 0 saturated heterocycles. The average molecular weight is 548 g/mol. The second-order valence-electron chi connectivity index (χ2n) is 9.47. The van der Waals surface area contributed by atoms with Crippen LogP contribution in [0.1, 0.15) is 30.8 Å². The SMILES string of the molecule is CC[n+]1c(/C=C(C)/C=C2\Oc3ccc(-c4ccccc4)cc3N2CCCS(=O)(=O)O)sc2ccc(C)cc21. The number of aryl methyl sites for hydroxylation is 2. The van der Waals surface area contributed by atoms with Crippen LogP contribution in [-0.2, 0) is 16.7 Å². The second-order valence-corrected chi connectivity index (χ2v) is 12.1. The van der Waals surface area contributed by atoms with Crippen molar-refractivity contribution in [1.29, 1.82) is 0 Å². The molecule has 1 aliphatic rings. The van der Waals surface area contributed by atoms with Crippen LogP contribution in [0.3, 0.4) is 0 Å². The lowest BCUT2D eigenvalue weighted by molar-refractivity contribution is -0.665. The van der Waals surface area contributed by atoms with Gasteiger partial charge in [0.1, 0.15) is 11.2 Å². The average Bonchev–Trinajstić information content (AvgIpc) is 3.39. The van der Waals surface area contributed by atoms with E-state index < -0.39 is 10.1 Å². The molecule has 0 bridgehead atoms. The Bertz CT molecular complexity index is 1650. The molecule has 196 valence electrons. The molecule has 0 fully saturated rings. The predicted molar refractivity (Wildman–Crippen MR) is 155 cm³/mol. The Labute approximate surface area is 227 Å². The summed E-state index contributed by atoms with van der Waals surface area (Å²) in [5, 5.41) is 1.15. The first kappa shape index (κ1) is 26.2. The van der Waals surface area contributed by atoms with Gasteiger partial charge in [-0.2, -0.15) is 13.0 Å². The van der Waals surface area contributed by atoms with Crippen molar-refractivity contribution in [2.45, 2.75) is 33.7 Å². The van der Waals surface area contributed by atoms with Crippen molar-refractivity contribution in [3.63, 3.8) is 0 Å². The fourth-order valence-corrected chi connectivity index (χ4v) is 6.44. The summed E-state index contributed by atoms with van der Waals surface area (Å²) in [7, 11) is -4.05. The molecule has 2 heterocycles. The predicted octanol–water partition coefficient (Wildman–Crippen LogP) is 6.61. The van der Waals surface area contributed by atoms with E-state index in [2.05, 4.69) is 60.9 Å². The van der Waals surface area contributed by atoms with E-state index in [4.69, 9.17) is 4.74 Å². The lowest BCUT2D eigenvalue weighted by atomic mass is 10.0. The van der Waals surface area contributed by atoms with Crippen molar-refractivity contribution < 1.29 is 22.3 Å². The summed E-state index contributed by atoms with van der Waals surface area (Å²) in [5.41, 5.74) is 6.49. The number of benzene rings is 3. The number of hydrogen-bond donors (Lipinski definition) is 1. The minimum absolute atomic E-state index is 0.267. The fraction of sp³-hybridized carbons (Fsp3) is 0.233. The molecule has 1 N–H and O–H groups in total. The van der Waals surface area contributed by atoms with Crippen molar-refractivity contribution in [3.05, 3.63) is 94.8 Å². The van der Waals surface area contributed by atoms with Crippen LogP contribution in [0.25, 0.3) is 27.4 Å². The van der Waals surface area contributed by atoms with Crippen LogP contribution in [-0.4, -0.2) is 25.3 Å². The largest absolute Gasteiger partial charge is 0.439 e. The molecule has 38 heavy (non-hydrogen) atoms. The summed E-state index contributed by atoms with van der Waals surface area (Å²) >= 11 is 1.76. The van der Waals surface area contributed by atoms with Crippen LogP contribution in [0.5, 0.6) is 5.75 Å². The maximum absolute atomic E-state index is 11.4. The number of hydrogen-bond acceptors (Lipinski definition) is 5. The Morgan fingerprint density at radius 3 is 2.61 bits per heavy atom. The molecule has 6 nitrogen and oxygen atoms in total. The van der Waals surface area contributed by atoms with E-state index in [0.29, 0.717) is 12.4 Å². The van der Waals surface area contributed by atoms with Gasteiger partial charge in [-0.1, -0.05) is 53.8 Å². The van der Waals surface area contributed by atoms with E-state index in [0.717, 1.165) is 39.7 Å². The first-order valence-electron chi connectivity index (χ1n) is 12.6. The molecule has 8 heteroatoms. The van der Waals surface area contributed by atoms with Gasteiger partial charge in [-0.25, -0.2) is 0 Å². The van der Waals surface area contributed by atoms with Gasteiger partial charge in [-0.15, -0.1) is 0 Å². The molecule has 5 rings (SSSR count). The van der Waals surface area contributed by atoms with Crippen molar-refractivity contribution in [1.82, 2.24) is 0 Å². The monoisotopic (exact) mass is 547 g/mol. The third kappa shape index (κ3) is 5.67. The van der Waals surface area contributed by atoms with Gasteiger partial charge < -0.3 is 9.64 Å². The number of nitrogens with zero attached hydrogens (tertiary/aromatic N) is 2. The Balaban J connectivity index is 1.50. The van der Waals surface area contributed by atoms with Crippen LogP contribution in [0.4, 0.5) is 5.69 Å². The number of rotatable bonds is 8. The fourth-order valence-electron chi connectivity index (χ4n) is 4.73. The summed E-state index contributed by atoms with van der Waals surface area (Å²) in [6.07, 6.45) is 4.42. The van der Waals surface area contributed by atoms with E-state index in [1.165, 1.54) is 15.8 Å². The molecule has 0 amide bonds. The molecule has 0 unspecified atom stereocenters. The highest BCUT2D eigenvalue weighted by Gasteiger charge is 2.27. The zero-order valence-corrected chi connectivity index (χ0v) is 23.3. The topological polar surface area (TPSA) is 70.7 Å². The van der Waals surface area contributed by atoms with Crippen molar-refractivity contribution in [3.8, 4) is 16.9 Å². The third-order valence-corrected chi connectivity index (χ3v) is 8.44. The lowest BCUT2D eigenvalue weighted by Gasteiger charge is -2.18. The van der Waals surface area contributed by atoms with Gasteiger partial charge in [-0.05, 0) is 67.7 Å². The molecule has 0 spiro atoms. The van der Waals surface area contributed by atoms with Gasteiger partial charge in [0, 0.05) is 24.8 Å². The van der Waals surface area contributed by atoms with Crippen LogP contribution in [0, 0.1) is 6.92 Å². The quantitative estimate of drug-likeness (QED) is 0.199. The normalized spacial score (nSPS) is 14.8. The number of ether oxygens (including phenoxy) is 1. The minimum atomic E-state index is -4.05. The standard InChI is InChI=1S/C30H30N2O4S2/c1-4-31-26-17-21(2)11-14-28(26)37-30(31)19-22(3)18-29-32(15-8-16-38(33,34)35)25-20-24(12-13-27(25)36-29)23-9-6-5-7-10-23/h5-7,9-14,17-20H,4,8,15-16H2,1-3H3/p+1. The van der Waals surface area contributed by atoms with Gasteiger partial charge in [0.15, 0.2) is 5.75 Å². The minimum Gasteiger partial charge on any atom is -0.439 e. The molecule has 0 atom stereocenters. The first-order valence-corrected chi connectivity index (χ1v) is 15.1. The van der Waals surface area contributed by atoms with Crippen LogP contribution >= 0.6 is 11.3 Å². The molecule has 1 aromatic heterocycles. The Kier molecular flexibility index (Phi) is 7.38. The molecule has 0 saturated carbocycles. The number of thiazole rings is 1. The van der Waals surface area contributed by atoms with Gasteiger partial charge >= 0.3 is 0 Å². The van der Waals surface area contributed by atoms with E-state index in [-0.39, 0.29) is 12.2 Å². The third-order valence-electron chi connectivity index (χ3n) is 6.53. The number of fused-ring (bicyclic) bond motifs is 2. The summed E-state index contributed by atoms with van der Waals surface area (Å²) in [6.45, 7) is 7.56. The maximum atomic E-state index is 11.4. The molecule has 1 aliphatic heterocycles. The highest BCUT2D eigenvalue weighted by Crippen LogP contribution is 2.42. The number of anilines is 1. The molecular weight excluding hydrogens is 516 g/mol. The van der Waals surface area contributed by atoms with E-state index in [1.54, 1.807) is 11.3 Å². The van der Waals surface area contributed by atoms with Crippen molar-refractivity contribution >= 4 is 43.4 Å². The molecule has 0 aliphatic carbocycles. The molecule has 4 aromatic rings. The van der Waals surface area contributed by atoms with E-state index in [9.17, 15) is 13.0 Å². The zero-order valence-electron chi connectivity index (χ0n) is 21.7. The summed E-state index contributed by atoms with van der Waals surface area (Å²) in [6, 6.07) is 22.7. The molecule has 0 radical (unpaired) electrons. The Morgan fingerprint density at radius 1 is 1.08 bits per heavy atom. The van der Waals surface area contributed by atoms with Crippen molar-refractivity contribution in [2.24, 2.45) is 0 Å². The summed E-state index contributed by atoms with van der Waals surface area (Å²) in [4.78, 5) is 1.99. The number of aromatic nitrogens is 1. The summed E-state index contributed by atoms with van der Waals surface area (Å²) < 4.78 is 41.9. The van der Waals surface area contributed by atoms with Crippen LogP contribution < -0.4 is 14.2 Å². The van der Waals surface area contributed by atoms with Crippen molar-refractivity contribution in [2.75, 3.05) is 17.2 Å². The first-order chi connectivity index (χ1) is 18.2. The Hall–Kier alpha value is -3.46. The Morgan fingerprint density at radius 2 is 1.87 bits per heavy atom. The van der Waals surface area contributed by atoms with Gasteiger partial charge in [0.05, 0.1) is 11.4 Å². The number of allylic oxidation sites excluding steroid dienone is 2. The highest BCUT2D eigenvalue weighted by atomic mass is 32.2. The summed E-state index contributed by atoms with van der Waals surface area (Å²) in [5.74, 6) is 1.04.